The molecule has 0 saturated heterocycles. The first kappa shape index (κ1) is 23.4. The summed E-state index contributed by atoms with van der Waals surface area (Å²) in [5.74, 6) is 0. The quantitative estimate of drug-likeness (QED) is 0.215. The number of unbranched alkanes of at least 4 members (excludes halogenated alkanes) is 10. The predicted molar refractivity (Wildman–Crippen MR) is 84.8 cm³/mol. The molecule has 0 unspecified atom stereocenters. The Morgan fingerprint density at radius 1 is 0.714 bits per heavy atom. The fourth-order valence-corrected chi connectivity index (χ4v) is 2.24. The van der Waals surface area contributed by atoms with Crippen LogP contribution in [0.2, 0.25) is 0 Å². The molecule has 0 aliphatic rings. The Morgan fingerprint density at radius 3 is 1.67 bits per heavy atom. The topological polar surface area (TPSA) is 40.5 Å². The fraction of sp³-hybridized carbons (Fsp3) is 0.882. The lowest BCUT2D eigenvalue weighted by molar-refractivity contribution is -1.24. The maximum Gasteiger partial charge on any atom is 0.160 e. The molecule has 0 aromatic heterocycles. The Kier molecular flexibility index (Phi) is 18.3. The molecule has 0 heterocycles. The van der Waals surface area contributed by atoms with Crippen molar-refractivity contribution in [3.63, 3.8) is 0 Å². The van der Waals surface area contributed by atoms with Crippen LogP contribution in [0.5, 0.6) is 0 Å². The summed E-state index contributed by atoms with van der Waals surface area (Å²) in [7, 11) is 0. The number of allylic oxidation sites excluding steroid dienone is 1. The largest absolute Gasteiger partial charge is 1.00 e. The number of hydrogen-bond acceptors (Lipinski definition) is 2. The van der Waals surface area contributed by atoms with Gasteiger partial charge in [-0.3, -0.25) is 0 Å². The fourth-order valence-electron chi connectivity index (χ4n) is 2.24. The number of rotatable bonds is 14. The molecule has 0 atom stereocenters. The second-order valence-electron chi connectivity index (χ2n) is 5.82. The minimum absolute atomic E-state index is 0. The average Bonchev–Trinajstić information content (AvgIpc) is 2.44. The van der Waals surface area contributed by atoms with E-state index in [2.05, 4.69) is 13.0 Å². The maximum atomic E-state index is 9.34. The summed E-state index contributed by atoms with van der Waals surface area (Å²) < 4.78 is 0. The second kappa shape index (κ2) is 16.5. The summed E-state index contributed by atoms with van der Waals surface area (Å²) in [4.78, 5) is -0.894. The van der Waals surface area contributed by atoms with E-state index in [1.54, 1.807) is 6.92 Å². The zero-order valence-corrected chi connectivity index (χ0v) is 15.7. The van der Waals surface area contributed by atoms with E-state index in [1.807, 2.05) is 6.08 Å². The first-order chi connectivity index (χ1) is 9.62. The van der Waals surface area contributed by atoms with Crippen molar-refractivity contribution in [2.75, 3.05) is 13.1 Å². The molecule has 128 valence electrons. The minimum Gasteiger partial charge on any atom is -1.00 e. The predicted octanol–water partition coefficient (Wildman–Crippen LogP) is 2.47. The van der Waals surface area contributed by atoms with Gasteiger partial charge in [-0.2, -0.15) is 10.4 Å². The van der Waals surface area contributed by atoms with Gasteiger partial charge in [-0.05, 0) is 30.7 Å². The minimum atomic E-state index is -0.894. The van der Waals surface area contributed by atoms with Crippen LogP contribution in [0.3, 0.4) is 0 Å². The molecular formula is C17H36BrNO2. The van der Waals surface area contributed by atoms with Crippen LogP contribution >= 0.6 is 0 Å². The lowest BCUT2D eigenvalue weighted by Gasteiger charge is -2.16. The van der Waals surface area contributed by atoms with Crippen LogP contribution in [0.1, 0.15) is 84.5 Å². The van der Waals surface area contributed by atoms with Crippen LogP contribution in [0, 0.1) is 0 Å². The van der Waals surface area contributed by atoms with Gasteiger partial charge < -0.3 is 17.0 Å². The van der Waals surface area contributed by atoms with Crippen molar-refractivity contribution >= 4 is 0 Å². The van der Waals surface area contributed by atoms with Gasteiger partial charge >= 0.3 is 0 Å². The summed E-state index contributed by atoms with van der Waals surface area (Å²) >= 11 is 0. The Labute approximate surface area is 142 Å². The van der Waals surface area contributed by atoms with E-state index >= 15 is 0 Å². The molecule has 4 heteroatoms. The van der Waals surface area contributed by atoms with E-state index in [0.29, 0.717) is 6.54 Å². The third-order valence-corrected chi connectivity index (χ3v) is 3.80. The van der Waals surface area contributed by atoms with E-state index < -0.39 is 4.81 Å². The van der Waals surface area contributed by atoms with Crippen LogP contribution in [-0.4, -0.2) is 28.3 Å². The Balaban J connectivity index is 0. The SMILES string of the molecule is CCCCCCCCCCCCC=CC[N+](O)(O)CC.[Br-]. The van der Waals surface area contributed by atoms with Gasteiger partial charge in [-0.15, -0.1) is 0 Å². The highest BCUT2D eigenvalue weighted by molar-refractivity contribution is 4.80. The lowest BCUT2D eigenvalue weighted by atomic mass is 10.1. The smallest absolute Gasteiger partial charge is 0.160 e. The molecule has 0 aliphatic carbocycles. The molecule has 21 heavy (non-hydrogen) atoms. The summed E-state index contributed by atoms with van der Waals surface area (Å²) in [5.41, 5.74) is 0. The highest BCUT2D eigenvalue weighted by atomic mass is 79.9. The zero-order chi connectivity index (χ0) is 15.1. The molecule has 0 radical (unpaired) electrons. The van der Waals surface area contributed by atoms with Gasteiger partial charge in [-0.25, -0.2) is 0 Å². The van der Waals surface area contributed by atoms with Crippen LogP contribution in [0.4, 0.5) is 0 Å². The van der Waals surface area contributed by atoms with Crippen LogP contribution in [0.15, 0.2) is 12.2 Å². The van der Waals surface area contributed by atoms with E-state index in [1.165, 1.54) is 64.2 Å². The molecule has 0 aromatic rings. The number of nitrogens with zero attached hydrogens (tertiary/aromatic N) is 1. The first-order valence-electron chi connectivity index (χ1n) is 8.60. The Morgan fingerprint density at radius 2 is 1.19 bits per heavy atom. The third kappa shape index (κ3) is 18.1. The first-order valence-corrected chi connectivity index (χ1v) is 8.60. The molecule has 2 N–H and O–H groups in total. The summed E-state index contributed by atoms with van der Waals surface area (Å²) in [6.45, 7) is 4.63. The van der Waals surface area contributed by atoms with Crippen LogP contribution in [0.25, 0.3) is 0 Å². The number of halogens is 1. The molecule has 0 aromatic carbocycles. The van der Waals surface area contributed by atoms with Gasteiger partial charge in [-0.1, -0.05) is 70.8 Å². The van der Waals surface area contributed by atoms with E-state index in [4.69, 9.17) is 0 Å². The van der Waals surface area contributed by atoms with Crippen molar-refractivity contribution in [3.8, 4) is 0 Å². The van der Waals surface area contributed by atoms with Crippen molar-refractivity contribution in [3.05, 3.63) is 12.2 Å². The van der Waals surface area contributed by atoms with Gasteiger partial charge in [0.15, 0.2) is 6.54 Å². The summed E-state index contributed by atoms with van der Waals surface area (Å²) in [6, 6.07) is 0. The van der Waals surface area contributed by atoms with Gasteiger partial charge in [0.05, 0.1) is 0 Å². The van der Waals surface area contributed by atoms with E-state index in [0.717, 1.165) is 6.42 Å². The van der Waals surface area contributed by atoms with Crippen molar-refractivity contribution < 1.29 is 32.2 Å². The normalized spacial score (nSPS) is 11.8. The van der Waals surface area contributed by atoms with E-state index in [9.17, 15) is 10.4 Å². The third-order valence-electron chi connectivity index (χ3n) is 3.80. The number of hydrogen-bond donors (Lipinski definition) is 2. The molecule has 0 bridgehead atoms. The zero-order valence-electron chi connectivity index (χ0n) is 14.1. The van der Waals surface area contributed by atoms with Crippen LogP contribution < -0.4 is 17.0 Å². The maximum absolute atomic E-state index is 9.34. The van der Waals surface area contributed by atoms with Crippen LogP contribution in [-0.2, 0) is 0 Å². The molecule has 0 amide bonds. The van der Waals surface area contributed by atoms with Gasteiger partial charge in [0, 0.05) is 0 Å². The highest BCUT2D eigenvalue weighted by Crippen LogP contribution is 2.11. The molecule has 0 aliphatic heterocycles. The number of quaternary nitrogens is 1. The standard InChI is InChI=1S/C17H36NO2.BrH/c1-3-5-6-7-8-9-10-11-12-13-14-15-16-17-18(19,20)4-2;/h15-16,19-20H,3-14,17H2,1-2H3;1H/q+1;/p-1. The molecule has 0 fully saturated rings. The molecule has 0 saturated carbocycles. The molecule has 0 spiro atoms. The average molecular weight is 366 g/mol. The second-order valence-corrected chi connectivity index (χ2v) is 5.82. The Bertz CT molecular complexity index is 233. The summed E-state index contributed by atoms with van der Waals surface area (Å²) in [6.07, 6.45) is 18.6. The molecular weight excluding hydrogens is 330 g/mol. The number of hydroxylamine groups is 4. The summed E-state index contributed by atoms with van der Waals surface area (Å²) in [5, 5.41) is 18.7. The lowest BCUT2D eigenvalue weighted by Crippen LogP contribution is -3.00. The van der Waals surface area contributed by atoms with Gasteiger partial charge in [0.1, 0.15) is 6.54 Å². The highest BCUT2D eigenvalue weighted by Gasteiger charge is 2.15. The van der Waals surface area contributed by atoms with Gasteiger partial charge in [0.25, 0.3) is 0 Å². The van der Waals surface area contributed by atoms with Crippen molar-refractivity contribution in [1.82, 2.24) is 0 Å². The number of likely N-dealkylation sites (N-methyl/N-ethyl adjacent to an activating group) is 1. The molecule has 0 rings (SSSR count). The van der Waals surface area contributed by atoms with Crippen molar-refractivity contribution in [2.45, 2.75) is 84.5 Å². The monoisotopic (exact) mass is 365 g/mol. The van der Waals surface area contributed by atoms with Gasteiger partial charge in [0.2, 0.25) is 0 Å². The van der Waals surface area contributed by atoms with Crippen molar-refractivity contribution in [1.29, 1.82) is 0 Å². The molecule has 3 nitrogen and oxygen atoms in total. The Hall–Kier alpha value is 0.100. The van der Waals surface area contributed by atoms with Crippen molar-refractivity contribution in [2.24, 2.45) is 0 Å². The van der Waals surface area contributed by atoms with E-state index in [-0.39, 0.29) is 23.5 Å².